The second-order valence-electron chi connectivity index (χ2n) is 10.1. The summed E-state index contributed by atoms with van der Waals surface area (Å²) in [6.07, 6.45) is 0.926. The van der Waals surface area contributed by atoms with E-state index in [1.165, 1.54) is 22.8 Å². The lowest BCUT2D eigenvalue weighted by Crippen LogP contribution is -2.60. The van der Waals surface area contributed by atoms with Gasteiger partial charge in [-0.05, 0) is 49.9 Å². The Balaban J connectivity index is 1.92. The number of hydrogen-bond acceptors (Lipinski definition) is 7. The maximum absolute atomic E-state index is 14.3. The zero-order valence-corrected chi connectivity index (χ0v) is 24.3. The van der Waals surface area contributed by atoms with Crippen molar-refractivity contribution < 1.29 is 36.3 Å². The van der Waals surface area contributed by atoms with E-state index in [1.807, 2.05) is 0 Å². The molecular formula is C29H32F2N4O6S. The Morgan fingerprint density at radius 1 is 1.02 bits per heavy atom. The number of carbonyl (C=O) groups excluding carboxylic acids is 3. The molecule has 0 spiro atoms. The fraction of sp³-hybridized carbons (Fsp3) is 0.345. The number of ether oxygens (including phenoxy) is 1. The molecule has 1 unspecified atom stereocenters. The molecule has 3 aromatic carbocycles. The molecule has 42 heavy (non-hydrogen) atoms. The van der Waals surface area contributed by atoms with Gasteiger partial charge in [-0.25, -0.2) is 8.42 Å². The van der Waals surface area contributed by atoms with Gasteiger partial charge in [0.15, 0.2) is 9.84 Å². The molecule has 10 nitrogen and oxygen atoms in total. The molecule has 0 bridgehead atoms. The van der Waals surface area contributed by atoms with Gasteiger partial charge in [-0.1, -0.05) is 42.5 Å². The highest BCUT2D eigenvalue weighted by Crippen LogP contribution is 2.39. The predicted octanol–water partition coefficient (Wildman–Crippen LogP) is 2.85. The van der Waals surface area contributed by atoms with E-state index < -0.39 is 58.0 Å². The molecule has 2 N–H and O–H groups in total. The summed E-state index contributed by atoms with van der Waals surface area (Å²) < 4.78 is 56.0. The van der Waals surface area contributed by atoms with Crippen LogP contribution >= 0.6 is 0 Å². The van der Waals surface area contributed by atoms with E-state index in [2.05, 4.69) is 10.6 Å². The third-order valence-electron chi connectivity index (χ3n) is 7.16. The number of anilines is 2. The van der Waals surface area contributed by atoms with Crippen molar-refractivity contribution >= 4 is 49.7 Å². The molecule has 0 fully saturated rings. The summed E-state index contributed by atoms with van der Waals surface area (Å²) >= 11 is 0. The highest BCUT2D eigenvalue weighted by atomic mass is 32.2. The number of carbonyl (C=O) groups is 3. The number of sulfone groups is 1. The molecule has 3 atom stereocenters. The van der Waals surface area contributed by atoms with Crippen molar-refractivity contribution in [3.05, 3.63) is 66.2 Å². The average molecular weight is 603 g/mol. The van der Waals surface area contributed by atoms with Gasteiger partial charge in [0.1, 0.15) is 17.5 Å². The lowest BCUT2D eigenvalue weighted by atomic mass is 10.0. The summed E-state index contributed by atoms with van der Waals surface area (Å²) in [4.78, 5) is 43.3. The van der Waals surface area contributed by atoms with Crippen LogP contribution < -0.4 is 25.2 Å². The van der Waals surface area contributed by atoms with E-state index in [4.69, 9.17) is 4.74 Å². The predicted molar refractivity (Wildman–Crippen MR) is 155 cm³/mol. The molecule has 0 saturated heterocycles. The molecule has 3 amide bonds. The van der Waals surface area contributed by atoms with Crippen LogP contribution in [0.25, 0.3) is 10.8 Å². The minimum Gasteiger partial charge on any atom is -0.434 e. The first-order chi connectivity index (χ1) is 19.8. The number of hydrogen-bond donors (Lipinski definition) is 2. The maximum atomic E-state index is 14.3. The number of amides is 3. The molecule has 13 heteroatoms. The third kappa shape index (κ3) is 6.52. The number of benzene rings is 3. The molecule has 1 aliphatic heterocycles. The Labute approximate surface area is 242 Å². The van der Waals surface area contributed by atoms with Crippen LogP contribution in [0.2, 0.25) is 0 Å². The highest BCUT2D eigenvalue weighted by molar-refractivity contribution is 7.91. The number of likely N-dealkylation sites (N-methyl/N-ethyl adjacent to an activating group) is 1. The van der Waals surface area contributed by atoms with Crippen molar-refractivity contribution in [2.75, 3.05) is 28.9 Å². The van der Waals surface area contributed by atoms with Gasteiger partial charge in [0.25, 0.3) is 5.91 Å². The first kappa shape index (κ1) is 30.8. The van der Waals surface area contributed by atoms with Gasteiger partial charge in [-0.15, -0.1) is 0 Å². The van der Waals surface area contributed by atoms with Crippen molar-refractivity contribution in [2.45, 2.75) is 45.1 Å². The minimum atomic E-state index is -3.76. The summed E-state index contributed by atoms with van der Waals surface area (Å²) in [5.74, 6) is -2.92. The lowest BCUT2D eigenvalue weighted by molar-refractivity contribution is -0.129. The lowest BCUT2D eigenvalue weighted by Gasteiger charge is -2.32. The molecule has 0 radical (unpaired) electrons. The fourth-order valence-electron chi connectivity index (χ4n) is 5.01. The minimum absolute atomic E-state index is 0.138. The average Bonchev–Trinajstić information content (AvgIpc) is 3.01. The Morgan fingerprint density at radius 2 is 1.67 bits per heavy atom. The zero-order chi connectivity index (χ0) is 30.8. The maximum Gasteiger partial charge on any atom is 0.387 e. The summed E-state index contributed by atoms with van der Waals surface area (Å²) in [6, 6.07) is 13.4. The summed E-state index contributed by atoms with van der Waals surface area (Å²) in [7, 11) is -2.19. The van der Waals surface area contributed by atoms with E-state index >= 15 is 0 Å². The third-order valence-corrected chi connectivity index (χ3v) is 7.93. The molecule has 4 rings (SSSR count). The van der Waals surface area contributed by atoms with Gasteiger partial charge >= 0.3 is 6.61 Å². The standard InChI is InChI=1S/C29H32F2N4O6S/c1-17(32-3)27(37)33-26-18(2)35(25(36)16-42(4,39)40)23-12-8-7-11-22(23)34(28(26)38)15-21-20-10-6-5-9-19(20)13-14-24(21)41-29(30)31/h5-14,17-18,26,29,32H,15-16H2,1-4H3,(H,33,37)/t17?,18-,26-/m0/s1. The molecule has 0 saturated carbocycles. The molecular weight excluding hydrogens is 570 g/mol. The van der Waals surface area contributed by atoms with Crippen LogP contribution in [-0.4, -0.2) is 69.9 Å². The molecule has 1 heterocycles. The number of nitrogens with zero attached hydrogens (tertiary/aromatic N) is 2. The number of para-hydroxylation sites is 2. The van der Waals surface area contributed by atoms with E-state index in [0.29, 0.717) is 5.39 Å². The van der Waals surface area contributed by atoms with E-state index in [9.17, 15) is 31.6 Å². The normalized spacial score (nSPS) is 18.0. The van der Waals surface area contributed by atoms with Crippen LogP contribution in [-0.2, 0) is 30.8 Å². The topological polar surface area (TPSA) is 125 Å². The number of rotatable bonds is 9. The summed E-state index contributed by atoms with van der Waals surface area (Å²) in [5.41, 5.74) is 0.737. The molecule has 3 aromatic rings. The smallest absolute Gasteiger partial charge is 0.387 e. The summed E-state index contributed by atoms with van der Waals surface area (Å²) in [5, 5.41) is 6.78. The molecule has 1 aliphatic rings. The van der Waals surface area contributed by atoms with Crippen LogP contribution in [0.5, 0.6) is 5.75 Å². The number of fused-ring (bicyclic) bond motifs is 2. The zero-order valence-electron chi connectivity index (χ0n) is 23.5. The summed E-state index contributed by atoms with van der Waals surface area (Å²) in [6.45, 7) is -0.258. The van der Waals surface area contributed by atoms with Crippen molar-refractivity contribution in [2.24, 2.45) is 0 Å². The number of halogens is 2. The van der Waals surface area contributed by atoms with Crippen LogP contribution in [0.4, 0.5) is 20.2 Å². The van der Waals surface area contributed by atoms with Crippen molar-refractivity contribution in [3.63, 3.8) is 0 Å². The SMILES string of the molecule is CNC(C)C(=O)N[C@@H]1C(=O)N(Cc2c(OC(F)F)ccc3ccccc23)c2ccccc2N(C(=O)CS(C)(=O)=O)[C@H]1C. The van der Waals surface area contributed by atoms with Crippen LogP contribution in [0.15, 0.2) is 60.7 Å². The monoisotopic (exact) mass is 602 g/mol. The Bertz CT molecular complexity index is 1620. The number of nitrogens with one attached hydrogen (secondary N) is 2. The van der Waals surface area contributed by atoms with Gasteiger partial charge in [0.2, 0.25) is 11.8 Å². The first-order valence-corrected chi connectivity index (χ1v) is 15.2. The molecule has 224 valence electrons. The molecule has 0 aromatic heterocycles. The second-order valence-corrected chi connectivity index (χ2v) is 12.3. The molecule has 0 aliphatic carbocycles. The van der Waals surface area contributed by atoms with Crippen molar-refractivity contribution in [1.82, 2.24) is 10.6 Å². The van der Waals surface area contributed by atoms with Gasteiger partial charge in [-0.2, -0.15) is 8.78 Å². The second kappa shape index (κ2) is 12.4. The Kier molecular flexibility index (Phi) is 9.12. The van der Waals surface area contributed by atoms with Gasteiger partial charge in [-0.3, -0.25) is 14.4 Å². The first-order valence-electron chi connectivity index (χ1n) is 13.2. The van der Waals surface area contributed by atoms with Crippen LogP contribution in [0.3, 0.4) is 0 Å². The van der Waals surface area contributed by atoms with Gasteiger partial charge < -0.3 is 25.2 Å². The Hall–Kier alpha value is -4.10. The fourth-order valence-corrected chi connectivity index (χ4v) is 5.60. The number of alkyl halides is 2. The largest absolute Gasteiger partial charge is 0.434 e. The highest BCUT2D eigenvalue weighted by Gasteiger charge is 2.43. The van der Waals surface area contributed by atoms with E-state index in [-0.39, 0.29) is 29.2 Å². The van der Waals surface area contributed by atoms with E-state index in [1.54, 1.807) is 68.6 Å². The van der Waals surface area contributed by atoms with E-state index in [0.717, 1.165) is 11.6 Å². The van der Waals surface area contributed by atoms with Gasteiger partial charge in [0, 0.05) is 11.8 Å². The van der Waals surface area contributed by atoms with Crippen LogP contribution in [0, 0.1) is 0 Å². The van der Waals surface area contributed by atoms with Crippen molar-refractivity contribution in [3.8, 4) is 5.75 Å². The quantitative estimate of drug-likeness (QED) is 0.386. The van der Waals surface area contributed by atoms with Gasteiger partial charge in [0.05, 0.1) is 30.0 Å². The van der Waals surface area contributed by atoms with Crippen LogP contribution in [0.1, 0.15) is 19.4 Å². The van der Waals surface area contributed by atoms with Crippen molar-refractivity contribution in [1.29, 1.82) is 0 Å². The Morgan fingerprint density at radius 3 is 2.31 bits per heavy atom.